The van der Waals surface area contributed by atoms with Gasteiger partial charge in [-0.15, -0.1) is 0 Å². The Morgan fingerprint density at radius 1 is 1.35 bits per heavy atom. The van der Waals surface area contributed by atoms with Crippen LogP contribution < -0.4 is 5.32 Å². The largest absolute Gasteiger partial charge is 0.501 e. The third-order valence-electron chi connectivity index (χ3n) is 5.25. The van der Waals surface area contributed by atoms with Crippen molar-refractivity contribution in [2.75, 3.05) is 13.2 Å². The molecule has 1 aliphatic heterocycles. The van der Waals surface area contributed by atoms with E-state index >= 15 is 0 Å². The van der Waals surface area contributed by atoms with E-state index < -0.39 is 0 Å². The standard InChI is InChI=1S/C15H27NO/c1-6-16-12(11-8-7-9-17-10-11)13-14(2,3)15(13,4)5/h10,12-13,16H,6-9H2,1-5H3. The fourth-order valence-corrected chi connectivity index (χ4v) is 3.58. The van der Waals surface area contributed by atoms with Crippen molar-refractivity contribution >= 4 is 0 Å². The maximum Gasteiger partial charge on any atom is 0.0876 e. The Balaban J connectivity index is 2.16. The van der Waals surface area contributed by atoms with E-state index in [0.717, 1.165) is 19.1 Å². The van der Waals surface area contributed by atoms with Gasteiger partial charge in [0.25, 0.3) is 0 Å². The van der Waals surface area contributed by atoms with Gasteiger partial charge in [0.2, 0.25) is 0 Å². The summed E-state index contributed by atoms with van der Waals surface area (Å²) in [6, 6.07) is 0.505. The Kier molecular flexibility index (Phi) is 3.28. The molecule has 0 aromatic heterocycles. The molecule has 1 atom stereocenters. The normalized spacial score (nSPS) is 28.2. The van der Waals surface area contributed by atoms with Gasteiger partial charge < -0.3 is 10.1 Å². The molecule has 1 N–H and O–H groups in total. The molecular formula is C15H27NO. The van der Waals surface area contributed by atoms with E-state index in [1.165, 1.54) is 18.4 Å². The molecule has 1 aliphatic carbocycles. The van der Waals surface area contributed by atoms with Crippen LogP contribution >= 0.6 is 0 Å². The summed E-state index contributed by atoms with van der Waals surface area (Å²) in [4.78, 5) is 0. The maximum absolute atomic E-state index is 5.52. The van der Waals surface area contributed by atoms with Crippen LogP contribution in [-0.2, 0) is 4.74 Å². The Morgan fingerprint density at radius 3 is 2.41 bits per heavy atom. The van der Waals surface area contributed by atoms with Crippen LogP contribution in [0, 0.1) is 16.7 Å². The van der Waals surface area contributed by atoms with Gasteiger partial charge in [-0.25, -0.2) is 0 Å². The lowest BCUT2D eigenvalue weighted by Crippen LogP contribution is -2.36. The van der Waals surface area contributed by atoms with Crippen molar-refractivity contribution in [2.24, 2.45) is 16.7 Å². The molecular weight excluding hydrogens is 210 g/mol. The molecule has 0 saturated heterocycles. The van der Waals surface area contributed by atoms with Crippen molar-refractivity contribution in [1.29, 1.82) is 0 Å². The number of likely N-dealkylation sites (N-methyl/N-ethyl adjacent to an activating group) is 1. The topological polar surface area (TPSA) is 21.3 Å². The van der Waals surface area contributed by atoms with Gasteiger partial charge in [-0.3, -0.25) is 0 Å². The van der Waals surface area contributed by atoms with Gasteiger partial charge in [-0.2, -0.15) is 0 Å². The molecule has 0 bridgehead atoms. The van der Waals surface area contributed by atoms with Crippen LogP contribution in [0.1, 0.15) is 47.5 Å². The number of ether oxygens (including phenoxy) is 1. The van der Waals surface area contributed by atoms with E-state index in [9.17, 15) is 0 Å². The second-order valence-electron chi connectivity index (χ2n) is 6.62. The summed E-state index contributed by atoms with van der Waals surface area (Å²) in [5, 5.41) is 3.68. The molecule has 1 fully saturated rings. The molecule has 2 rings (SSSR count). The molecule has 0 spiro atoms. The first kappa shape index (κ1) is 12.9. The summed E-state index contributed by atoms with van der Waals surface area (Å²) in [5.74, 6) is 0.725. The van der Waals surface area contributed by atoms with Crippen LogP contribution in [0.2, 0.25) is 0 Å². The van der Waals surface area contributed by atoms with E-state index in [4.69, 9.17) is 4.74 Å². The molecule has 17 heavy (non-hydrogen) atoms. The van der Waals surface area contributed by atoms with Crippen molar-refractivity contribution in [2.45, 2.75) is 53.5 Å². The van der Waals surface area contributed by atoms with Crippen LogP contribution in [0.25, 0.3) is 0 Å². The van der Waals surface area contributed by atoms with Gasteiger partial charge in [0.15, 0.2) is 0 Å². The summed E-state index contributed by atoms with van der Waals surface area (Å²) < 4.78 is 5.52. The first-order valence-corrected chi connectivity index (χ1v) is 6.97. The third kappa shape index (κ3) is 2.01. The molecule has 1 unspecified atom stereocenters. The predicted octanol–water partition coefficient (Wildman–Crippen LogP) is 3.34. The molecule has 2 heteroatoms. The molecule has 2 nitrogen and oxygen atoms in total. The van der Waals surface area contributed by atoms with E-state index in [1.54, 1.807) is 0 Å². The van der Waals surface area contributed by atoms with Crippen molar-refractivity contribution in [3.05, 3.63) is 11.8 Å². The predicted molar refractivity (Wildman–Crippen MR) is 71.8 cm³/mol. The number of rotatable bonds is 4. The minimum absolute atomic E-state index is 0.429. The zero-order valence-corrected chi connectivity index (χ0v) is 12.0. The maximum atomic E-state index is 5.52. The number of hydrogen-bond acceptors (Lipinski definition) is 2. The third-order valence-corrected chi connectivity index (χ3v) is 5.25. The number of nitrogens with one attached hydrogen (secondary N) is 1. The molecule has 1 heterocycles. The molecule has 98 valence electrons. The second kappa shape index (κ2) is 4.31. The Morgan fingerprint density at radius 2 is 2.00 bits per heavy atom. The van der Waals surface area contributed by atoms with Gasteiger partial charge in [0.05, 0.1) is 12.9 Å². The van der Waals surface area contributed by atoms with Gasteiger partial charge >= 0.3 is 0 Å². The molecule has 1 saturated carbocycles. The number of hydrogen-bond donors (Lipinski definition) is 1. The summed E-state index contributed by atoms with van der Waals surface area (Å²) in [5.41, 5.74) is 2.33. The van der Waals surface area contributed by atoms with Crippen LogP contribution in [0.15, 0.2) is 11.8 Å². The van der Waals surface area contributed by atoms with Crippen LogP contribution in [0.4, 0.5) is 0 Å². The molecule has 0 aromatic carbocycles. The fraction of sp³-hybridized carbons (Fsp3) is 0.867. The first-order valence-electron chi connectivity index (χ1n) is 6.97. The van der Waals surface area contributed by atoms with E-state index in [0.29, 0.717) is 16.9 Å². The molecule has 0 aromatic rings. The van der Waals surface area contributed by atoms with Crippen molar-refractivity contribution in [3.63, 3.8) is 0 Å². The van der Waals surface area contributed by atoms with Crippen molar-refractivity contribution in [3.8, 4) is 0 Å². The Bertz CT molecular complexity index is 303. The lowest BCUT2D eigenvalue weighted by Gasteiger charge is -2.26. The van der Waals surface area contributed by atoms with Crippen LogP contribution in [0.5, 0.6) is 0 Å². The van der Waals surface area contributed by atoms with Gasteiger partial charge in [-0.05, 0) is 41.7 Å². The average Bonchev–Trinajstić information content (AvgIpc) is 2.68. The first-order chi connectivity index (χ1) is 7.93. The monoisotopic (exact) mass is 237 g/mol. The summed E-state index contributed by atoms with van der Waals surface area (Å²) in [6.45, 7) is 13.7. The Hall–Kier alpha value is -0.500. The molecule has 2 aliphatic rings. The fourth-order valence-electron chi connectivity index (χ4n) is 3.58. The highest BCUT2D eigenvalue weighted by molar-refractivity contribution is 5.25. The smallest absolute Gasteiger partial charge is 0.0876 e. The average molecular weight is 237 g/mol. The summed E-state index contributed by atoms with van der Waals surface area (Å²) >= 11 is 0. The second-order valence-corrected chi connectivity index (χ2v) is 6.62. The summed E-state index contributed by atoms with van der Waals surface area (Å²) in [7, 11) is 0. The van der Waals surface area contributed by atoms with Crippen LogP contribution in [-0.4, -0.2) is 19.2 Å². The SMILES string of the molecule is CCNC(C1=COCCC1)C1C(C)(C)C1(C)C. The minimum Gasteiger partial charge on any atom is -0.501 e. The minimum atomic E-state index is 0.429. The van der Waals surface area contributed by atoms with Gasteiger partial charge in [-0.1, -0.05) is 34.6 Å². The van der Waals surface area contributed by atoms with Crippen molar-refractivity contribution in [1.82, 2.24) is 5.32 Å². The lowest BCUT2D eigenvalue weighted by atomic mass is 9.93. The van der Waals surface area contributed by atoms with Crippen molar-refractivity contribution < 1.29 is 4.74 Å². The van der Waals surface area contributed by atoms with Gasteiger partial charge in [0.1, 0.15) is 0 Å². The Labute approximate surface area is 106 Å². The molecule has 0 radical (unpaired) electrons. The van der Waals surface area contributed by atoms with Gasteiger partial charge in [0, 0.05) is 6.04 Å². The highest BCUT2D eigenvalue weighted by Gasteiger charge is 2.67. The lowest BCUT2D eigenvalue weighted by molar-refractivity contribution is 0.216. The van der Waals surface area contributed by atoms with E-state index in [1.807, 2.05) is 6.26 Å². The zero-order chi connectivity index (χ0) is 12.7. The van der Waals surface area contributed by atoms with E-state index in [2.05, 4.69) is 39.9 Å². The highest BCUT2D eigenvalue weighted by atomic mass is 16.5. The highest BCUT2D eigenvalue weighted by Crippen LogP contribution is 2.70. The quantitative estimate of drug-likeness (QED) is 0.809. The van der Waals surface area contributed by atoms with E-state index in [-0.39, 0.29) is 0 Å². The summed E-state index contributed by atoms with van der Waals surface area (Å²) in [6.07, 6.45) is 4.38. The zero-order valence-electron chi connectivity index (χ0n) is 12.0. The molecule has 0 amide bonds. The van der Waals surface area contributed by atoms with Crippen LogP contribution in [0.3, 0.4) is 0 Å².